The van der Waals surface area contributed by atoms with Crippen molar-refractivity contribution < 1.29 is 24.2 Å². The smallest absolute Gasteiger partial charge is 0.301 e. The van der Waals surface area contributed by atoms with Crippen molar-refractivity contribution in [3.8, 4) is 11.5 Å². The molecule has 0 radical (unpaired) electrons. The molecule has 10 heteroatoms. The summed E-state index contributed by atoms with van der Waals surface area (Å²) >= 11 is 2.73. The Morgan fingerprint density at radius 2 is 1.76 bits per heavy atom. The Morgan fingerprint density at radius 3 is 2.56 bits per heavy atom. The number of carbonyl (C=O) groups is 2. The maximum absolute atomic E-state index is 13.7. The summed E-state index contributed by atoms with van der Waals surface area (Å²) in [6.45, 7) is 6.19. The van der Waals surface area contributed by atoms with Crippen molar-refractivity contribution in [2.75, 3.05) is 18.1 Å². The van der Waals surface area contributed by atoms with E-state index in [-0.39, 0.29) is 23.1 Å². The van der Waals surface area contributed by atoms with Crippen LogP contribution in [0.4, 0.5) is 5.13 Å². The Morgan fingerprint density at radius 1 is 0.978 bits per heavy atom. The molecule has 0 bridgehead atoms. The Kier molecular flexibility index (Phi) is 8.95. The molecular formula is C35H29N3O5S2. The first-order valence-electron chi connectivity index (χ1n) is 14.3. The van der Waals surface area contributed by atoms with Crippen molar-refractivity contribution in [1.82, 2.24) is 10.2 Å². The number of aliphatic hydroxyl groups is 1. The Labute approximate surface area is 268 Å². The van der Waals surface area contributed by atoms with Crippen molar-refractivity contribution in [2.45, 2.75) is 23.1 Å². The summed E-state index contributed by atoms with van der Waals surface area (Å²) in [5, 5.41) is 22.7. The van der Waals surface area contributed by atoms with Crippen molar-refractivity contribution in [1.29, 1.82) is 0 Å². The Balaban J connectivity index is 1.39. The van der Waals surface area contributed by atoms with Crippen LogP contribution in [0.1, 0.15) is 29.7 Å². The van der Waals surface area contributed by atoms with E-state index in [2.05, 4.69) is 41.0 Å². The zero-order chi connectivity index (χ0) is 31.3. The highest BCUT2D eigenvalue weighted by Crippen LogP contribution is 2.45. The predicted octanol–water partition coefficient (Wildman–Crippen LogP) is 7.57. The molecule has 1 aliphatic rings. The van der Waals surface area contributed by atoms with Crippen molar-refractivity contribution in [3.05, 3.63) is 126 Å². The number of rotatable bonds is 11. The van der Waals surface area contributed by atoms with E-state index < -0.39 is 17.7 Å². The second-order valence-electron chi connectivity index (χ2n) is 10.1. The van der Waals surface area contributed by atoms with Gasteiger partial charge in [-0.2, -0.15) is 0 Å². The van der Waals surface area contributed by atoms with Gasteiger partial charge in [0.2, 0.25) is 5.13 Å². The molecule has 4 aromatic carbocycles. The fourth-order valence-corrected chi connectivity index (χ4v) is 7.12. The fraction of sp³-hybridized carbons (Fsp3) is 0.143. The first-order chi connectivity index (χ1) is 22.0. The van der Waals surface area contributed by atoms with E-state index in [0.29, 0.717) is 39.3 Å². The van der Waals surface area contributed by atoms with Gasteiger partial charge in [-0.1, -0.05) is 115 Å². The number of anilines is 1. The lowest BCUT2D eigenvalue weighted by Crippen LogP contribution is -2.29. The molecule has 1 fully saturated rings. The minimum Gasteiger partial charge on any atom is -0.507 e. The van der Waals surface area contributed by atoms with Crippen LogP contribution in [0.15, 0.2) is 114 Å². The largest absolute Gasteiger partial charge is 0.507 e. The topological polar surface area (TPSA) is 102 Å². The van der Waals surface area contributed by atoms with Gasteiger partial charge in [0.15, 0.2) is 15.8 Å². The molecule has 1 unspecified atom stereocenters. The van der Waals surface area contributed by atoms with Crippen molar-refractivity contribution in [2.24, 2.45) is 0 Å². The van der Waals surface area contributed by atoms with Crippen LogP contribution in [-0.2, 0) is 15.3 Å². The van der Waals surface area contributed by atoms with Crippen LogP contribution in [0.5, 0.6) is 11.5 Å². The average Bonchev–Trinajstić information content (AvgIpc) is 3.64. The lowest BCUT2D eigenvalue weighted by atomic mass is 9.95. The van der Waals surface area contributed by atoms with Crippen LogP contribution in [0.2, 0.25) is 0 Å². The number of amides is 1. The van der Waals surface area contributed by atoms with Gasteiger partial charge in [-0.15, -0.1) is 10.2 Å². The van der Waals surface area contributed by atoms with Crippen LogP contribution >= 0.6 is 23.1 Å². The number of Topliss-reactive ketones (excluding diaryl/α,β-unsaturated/α-hetero) is 1. The van der Waals surface area contributed by atoms with Gasteiger partial charge in [-0.25, -0.2) is 0 Å². The van der Waals surface area contributed by atoms with E-state index in [1.165, 1.54) is 28.0 Å². The molecule has 5 aromatic rings. The maximum Gasteiger partial charge on any atom is 0.301 e. The summed E-state index contributed by atoms with van der Waals surface area (Å²) in [7, 11) is 0. The number of benzene rings is 4. The van der Waals surface area contributed by atoms with Crippen LogP contribution in [0.3, 0.4) is 0 Å². The molecule has 0 saturated carbocycles. The molecule has 45 heavy (non-hydrogen) atoms. The summed E-state index contributed by atoms with van der Waals surface area (Å²) in [5.41, 5.74) is 2.07. The Hall–Kier alpha value is -4.93. The molecule has 1 atom stereocenters. The number of carbonyl (C=O) groups excluding carboxylic acids is 2. The zero-order valence-corrected chi connectivity index (χ0v) is 26.0. The highest BCUT2D eigenvalue weighted by atomic mass is 32.2. The Bertz CT molecular complexity index is 1920. The quantitative estimate of drug-likeness (QED) is 0.0396. The fourth-order valence-electron chi connectivity index (χ4n) is 5.24. The summed E-state index contributed by atoms with van der Waals surface area (Å²) in [4.78, 5) is 28.6. The highest BCUT2D eigenvalue weighted by molar-refractivity contribution is 8.00. The molecule has 1 amide bonds. The standard InChI is InChI=1S/C35H29N3O5S2/c1-3-19-43-27-18-17-24(20-28(27)42-4-2)30-29(31(39)23-12-6-5-7-13-23)32(40)33(41)38(30)34-36-37-35(45-34)44-21-25-15-10-14-22-11-8-9-16-26(22)25/h3,5-18,20,30,39H,1,4,19,21H2,2H3. The van der Waals surface area contributed by atoms with Gasteiger partial charge >= 0.3 is 5.91 Å². The molecule has 2 heterocycles. The SMILES string of the molecule is C=CCOc1ccc(C2C(=C(O)c3ccccc3)C(=O)C(=O)N2c2nnc(SCc3cccc4ccccc34)s2)cc1OCC. The number of hydrogen-bond donors (Lipinski definition) is 1. The molecule has 1 N–H and O–H groups in total. The monoisotopic (exact) mass is 635 g/mol. The second kappa shape index (κ2) is 13.4. The van der Waals surface area contributed by atoms with Crippen LogP contribution in [0.25, 0.3) is 16.5 Å². The summed E-state index contributed by atoms with van der Waals surface area (Å²) in [6.07, 6.45) is 1.63. The van der Waals surface area contributed by atoms with Gasteiger partial charge in [0.1, 0.15) is 12.4 Å². The number of hydrogen-bond acceptors (Lipinski definition) is 9. The predicted molar refractivity (Wildman–Crippen MR) is 178 cm³/mol. The van der Waals surface area contributed by atoms with Crippen LogP contribution < -0.4 is 14.4 Å². The third-order valence-corrected chi connectivity index (χ3v) is 9.37. The average molecular weight is 636 g/mol. The van der Waals surface area contributed by atoms with E-state index in [4.69, 9.17) is 9.47 Å². The molecule has 0 spiro atoms. The van der Waals surface area contributed by atoms with Crippen LogP contribution in [0, 0.1) is 0 Å². The first-order valence-corrected chi connectivity index (χ1v) is 16.1. The molecule has 1 aromatic heterocycles. The third-order valence-electron chi connectivity index (χ3n) is 7.26. The molecule has 6 rings (SSSR count). The number of ketones is 1. The number of aromatic nitrogens is 2. The zero-order valence-electron chi connectivity index (χ0n) is 24.4. The molecule has 226 valence electrons. The maximum atomic E-state index is 13.7. The molecular weight excluding hydrogens is 607 g/mol. The normalized spacial score (nSPS) is 15.8. The summed E-state index contributed by atoms with van der Waals surface area (Å²) < 4.78 is 12.3. The second-order valence-corrected chi connectivity index (χ2v) is 12.2. The van der Waals surface area contributed by atoms with Crippen molar-refractivity contribution >= 4 is 56.5 Å². The lowest BCUT2D eigenvalue weighted by molar-refractivity contribution is -0.132. The third kappa shape index (κ3) is 6.07. The number of fused-ring (bicyclic) bond motifs is 1. The van der Waals surface area contributed by atoms with Crippen molar-refractivity contribution in [3.63, 3.8) is 0 Å². The van der Waals surface area contributed by atoms with E-state index >= 15 is 0 Å². The van der Waals surface area contributed by atoms with E-state index in [0.717, 1.165) is 16.3 Å². The summed E-state index contributed by atoms with van der Waals surface area (Å²) in [5.74, 6) is -0.317. The minimum absolute atomic E-state index is 0.0476. The van der Waals surface area contributed by atoms with Gasteiger partial charge in [-0.05, 0) is 41.0 Å². The minimum atomic E-state index is -0.985. The number of ether oxygens (including phenoxy) is 2. The first kappa shape index (κ1) is 30.1. The van der Waals surface area contributed by atoms with Gasteiger partial charge in [0.25, 0.3) is 5.78 Å². The lowest BCUT2D eigenvalue weighted by Gasteiger charge is -2.23. The number of aliphatic hydroxyl groups excluding tert-OH is 1. The van der Waals surface area contributed by atoms with Gasteiger partial charge in [0, 0.05) is 11.3 Å². The van der Waals surface area contributed by atoms with Gasteiger partial charge < -0.3 is 14.6 Å². The molecule has 1 aliphatic heterocycles. The molecule has 1 saturated heterocycles. The number of nitrogens with zero attached hydrogens (tertiary/aromatic N) is 3. The van der Waals surface area contributed by atoms with E-state index in [9.17, 15) is 14.7 Å². The highest BCUT2D eigenvalue weighted by Gasteiger charge is 2.48. The summed E-state index contributed by atoms with van der Waals surface area (Å²) in [6, 6.07) is 27.3. The molecule has 8 nitrogen and oxygen atoms in total. The van der Waals surface area contributed by atoms with E-state index in [1.807, 2.05) is 31.2 Å². The number of thioether (sulfide) groups is 1. The van der Waals surface area contributed by atoms with Crippen LogP contribution in [-0.4, -0.2) is 40.2 Å². The van der Waals surface area contributed by atoms with E-state index in [1.54, 1.807) is 48.5 Å². The van der Waals surface area contributed by atoms with Gasteiger partial charge in [-0.3, -0.25) is 14.5 Å². The molecule has 0 aliphatic carbocycles. The van der Waals surface area contributed by atoms with Gasteiger partial charge in [0.05, 0.1) is 18.2 Å².